The maximum Gasteiger partial charge on any atom is 0.140 e. The first-order chi connectivity index (χ1) is 31.8. The van der Waals surface area contributed by atoms with Crippen molar-refractivity contribution in [3.05, 3.63) is 224 Å². The molecule has 0 radical (unpaired) electrons. The molecule has 0 atom stereocenters. The van der Waals surface area contributed by atoms with E-state index in [1.165, 1.54) is 65.2 Å². The molecule has 0 N–H and O–H groups in total. The van der Waals surface area contributed by atoms with Crippen LogP contribution in [0.3, 0.4) is 0 Å². The quantitative estimate of drug-likeness (QED) is 0.170. The summed E-state index contributed by atoms with van der Waals surface area (Å²) in [5, 5.41) is 9.70. The molecule has 0 saturated heterocycles. The first-order valence-corrected chi connectivity index (χ1v) is 21.9. The third kappa shape index (κ3) is 4.86. The van der Waals surface area contributed by atoms with Gasteiger partial charge < -0.3 is 9.13 Å². The molecular formula is C59H37N5. The van der Waals surface area contributed by atoms with Gasteiger partial charge in [-0.15, -0.1) is 0 Å². The van der Waals surface area contributed by atoms with E-state index >= 15 is 0 Å². The Morgan fingerprint density at radius 3 is 0.938 bits per heavy atom. The lowest BCUT2D eigenvalue weighted by Gasteiger charge is -2.15. The van der Waals surface area contributed by atoms with Gasteiger partial charge in [-0.25, -0.2) is 4.98 Å². The second-order valence-corrected chi connectivity index (χ2v) is 16.7. The first kappa shape index (κ1) is 35.0. The average molecular weight is 816 g/mol. The molecule has 0 fully saturated rings. The number of hydrogen-bond acceptors (Lipinski definition) is 1. The van der Waals surface area contributed by atoms with Gasteiger partial charge in [0.05, 0.1) is 55.5 Å². The van der Waals surface area contributed by atoms with E-state index in [9.17, 15) is 0 Å². The van der Waals surface area contributed by atoms with Crippen LogP contribution in [-0.2, 0) is 0 Å². The number of nitrogens with zero attached hydrogens (tertiary/aromatic N) is 5. The van der Waals surface area contributed by atoms with Gasteiger partial charge >= 0.3 is 0 Å². The Morgan fingerprint density at radius 2 is 0.547 bits per heavy atom. The largest absolute Gasteiger partial charge is 0.309 e. The smallest absolute Gasteiger partial charge is 0.140 e. The molecular weight excluding hydrogens is 779 g/mol. The van der Waals surface area contributed by atoms with Crippen LogP contribution in [0.5, 0.6) is 0 Å². The summed E-state index contributed by atoms with van der Waals surface area (Å²) in [7, 11) is 0. The van der Waals surface area contributed by atoms with Crippen LogP contribution in [0.2, 0.25) is 0 Å². The summed E-state index contributed by atoms with van der Waals surface area (Å²) in [6.07, 6.45) is 0. The molecule has 64 heavy (non-hydrogen) atoms. The fourth-order valence-electron chi connectivity index (χ4n) is 10.8. The van der Waals surface area contributed by atoms with Crippen molar-refractivity contribution in [3.8, 4) is 34.1 Å². The van der Waals surface area contributed by atoms with Crippen molar-refractivity contribution < 1.29 is 0 Å². The van der Waals surface area contributed by atoms with Gasteiger partial charge in [-0.05, 0) is 83.9 Å². The van der Waals surface area contributed by atoms with Crippen molar-refractivity contribution in [1.82, 2.24) is 23.3 Å². The van der Waals surface area contributed by atoms with E-state index in [0.717, 1.165) is 56.2 Å². The molecule has 0 bridgehead atoms. The molecule has 5 aromatic heterocycles. The molecule has 0 aliphatic carbocycles. The molecule has 0 saturated carbocycles. The number of hydrogen-bond donors (Lipinski definition) is 0. The molecule has 0 unspecified atom stereocenters. The third-order valence-corrected chi connectivity index (χ3v) is 13.4. The fraction of sp³-hybridized carbons (Fsp3) is 0. The van der Waals surface area contributed by atoms with E-state index in [1.807, 2.05) is 0 Å². The minimum atomic E-state index is 0.853. The van der Waals surface area contributed by atoms with Crippen LogP contribution < -0.4 is 0 Å². The molecule has 0 amide bonds. The highest BCUT2D eigenvalue weighted by atomic mass is 15.1. The highest BCUT2D eigenvalue weighted by Crippen LogP contribution is 2.43. The Balaban J connectivity index is 1.07. The zero-order chi connectivity index (χ0) is 41.9. The van der Waals surface area contributed by atoms with Crippen molar-refractivity contribution in [3.63, 3.8) is 0 Å². The summed E-state index contributed by atoms with van der Waals surface area (Å²) < 4.78 is 9.62. The van der Waals surface area contributed by atoms with Gasteiger partial charge in [-0.3, -0.25) is 9.13 Å². The van der Waals surface area contributed by atoms with Crippen molar-refractivity contribution in [2.75, 3.05) is 0 Å². The normalized spacial score (nSPS) is 12.1. The number of pyridine rings is 1. The van der Waals surface area contributed by atoms with Crippen LogP contribution in [-0.4, -0.2) is 23.3 Å². The maximum absolute atomic E-state index is 5.74. The number of aromatic nitrogens is 5. The van der Waals surface area contributed by atoms with Crippen molar-refractivity contribution in [2.45, 2.75) is 0 Å². The van der Waals surface area contributed by atoms with Crippen LogP contribution in [0.4, 0.5) is 0 Å². The topological polar surface area (TPSA) is 32.6 Å². The van der Waals surface area contributed by atoms with Gasteiger partial charge in [0.15, 0.2) is 0 Å². The van der Waals surface area contributed by atoms with Crippen LogP contribution >= 0.6 is 0 Å². The predicted molar refractivity (Wildman–Crippen MR) is 267 cm³/mol. The SMILES string of the molecule is c1ccc(-c2cc(-n3c4ccccc4c4c(-n5c6ccccc6c6ccccc65)cccc43)nc(-n3c4ccccc4c4c(-n5c6ccccc6c6ccccc65)cccc43)c2)cc1. The second kappa shape index (κ2) is 13.4. The second-order valence-electron chi connectivity index (χ2n) is 16.7. The molecule has 5 heterocycles. The van der Waals surface area contributed by atoms with Gasteiger partial charge in [0.25, 0.3) is 0 Å². The van der Waals surface area contributed by atoms with E-state index in [-0.39, 0.29) is 0 Å². The van der Waals surface area contributed by atoms with Crippen molar-refractivity contribution >= 4 is 87.2 Å². The molecule has 5 heteroatoms. The fourth-order valence-corrected chi connectivity index (χ4v) is 10.8. The Bertz CT molecular complexity index is 3840. The Kier molecular flexibility index (Phi) is 7.33. The zero-order valence-electron chi connectivity index (χ0n) is 34.6. The summed E-state index contributed by atoms with van der Waals surface area (Å²) >= 11 is 0. The zero-order valence-corrected chi connectivity index (χ0v) is 34.6. The van der Waals surface area contributed by atoms with E-state index in [0.29, 0.717) is 0 Å². The predicted octanol–water partition coefficient (Wildman–Crippen LogP) is 15.1. The van der Waals surface area contributed by atoms with E-state index in [4.69, 9.17) is 4.98 Å². The van der Waals surface area contributed by atoms with Gasteiger partial charge in [0.1, 0.15) is 11.6 Å². The Labute approximate surface area is 367 Å². The summed E-state index contributed by atoms with van der Waals surface area (Å²) in [5.41, 5.74) is 13.7. The summed E-state index contributed by atoms with van der Waals surface area (Å²) in [6, 6.07) is 81.2. The lowest BCUT2D eigenvalue weighted by molar-refractivity contribution is 1.01. The summed E-state index contributed by atoms with van der Waals surface area (Å²) in [5.74, 6) is 1.71. The lowest BCUT2D eigenvalue weighted by Crippen LogP contribution is -2.04. The molecule has 298 valence electrons. The van der Waals surface area contributed by atoms with Crippen LogP contribution in [0.25, 0.3) is 121 Å². The third-order valence-electron chi connectivity index (χ3n) is 13.4. The molecule has 0 aliphatic heterocycles. The Morgan fingerprint density at radius 1 is 0.234 bits per heavy atom. The number of fused-ring (bicyclic) bond motifs is 12. The molecule has 0 spiro atoms. The minimum absolute atomic E-state index is 0.853. The first-order valence-electron chi connectivity index (χ1n) is 21.9. The van der Waals surface area contributed by atoms with Crippen LogP contribution in [0.15, 0.2) is 224 Å². The number of benzene rings is 9. The number of para-hydroxylation sites is 6. The molecule has 14 aromatic rings. The monoisotopic (exact) mass is 815 g/mol. The summed E-state index contributed by atoms with van der Waals surface area (Å²) in [6.45, 7) is 0. The van der Waals surface area contributed by atoms with E-state index in [1.54, 1.807) is 0 Å². The van der Waals surface area contributed by atoms with Gasteiger partial charge in [-0.1, -0.05) is 152 Å². The van der Waals surface area contributed by atoms with Crippen LogP contribution in [0, 0.1) is 0 Å². The molecule has 5 nitrogen and oxygen atoms in total. The molecule has 14 rings (SSSR count). The van der Waals surface area contributed by atoms with Crippen LogP contribution in [0.1, 0.15) is 0 Å². The number of rotatable bonds is 5. The minimum Gasteiger partial charge on any atom is -0.309 e. The van der Waals surface area contributed by atoms with Crippen molar-refractivity contribution in [1.29, 1.82) is 0 Å². The Hall–Kier alpha value is -8.67. The van der Waals surface area contributed by atoms with Crippen molar-refractivity contribution in [2.24, 2.45) is 0 Å². The lowest BCUT2D eigenvalue weighted by atomic mass is 10.1. The van der Waals surface area contributed by atoms with E-state index < -0.39 is 0 Å². The van der Waals surface area contributed by atoms with Gasteiger partial charge in [0.2, 0.25) is 0 Å². The molecule has 9 aromatic carbocycles. The molecule has 0 aliphatic rings. The standard InChI is InChI=1S/C59H37N5/c1-2-18-38(19-3-1)39-36-56(63-50-30-14-8-24-44(50)58-52(32-16-34-54(58)63)61-46-26-10-4-20-40(46)41-21-5-11-27-47(41)61)60-57(37-39)64-51-31-15-9-25-45(51)59-53(33-17-35-55(59)64)62-48-28-12-6-22-42(48)43-23-7-13-29-49(43)62/h1-37H. The van der Waals surface area contributed by atoms with Gasteiger partial charge in [0, 0.05) is 43.1 Å². The average Bonchev–Trinajstić information content (AvgIpc) is 4.09. The summed E-state index contributed by atoms with van der Waals surface area (Å²) in [4.78, 5) is 5.74. The van der Waals surface area contributed by atoms with Gasteiger partial charge in [-0.2, -0.15) is 0 Å². The van der Waals surface area contributed by atoms with E-state index in [2.05, 4.69) is 243 Å². The maximum atomic E-state index is 5.74. The highest BCUT2D eigenvalue weighted by molar-refractivity contribution is 6.18. The highest BCUT2D eigenvalue weighted by Gasteiger charge is 2.23.